The predicted octanol–water partition coefficient (Wildman–Crippen LogP) is 3.12. The highest BCUT2D eigenvalue weighted by molar-refractivity contribution is 6.17. The molecule has 0 unspecified atom stereocenters. The molecule has 0 fully saturated rings. The summed E-state index contributed by atoms with van der Waals surface area (Å²) in [5, 5.41) is 0. The molecule has 0 radical (unpaired) electrons. The fourth-order valence-corrected chi connectivity index (χ4v) is 1.50. The zero-order valence-corrected chi connectivity index (χ0v) is 10.7. The van der Waals surface area contributed by atoms with Crippen LogP contribution in [0, 0.1) is 0 Å². The van der Waals surface area contributed by atoms with Crippen LogP contribution in [0.1, 0.15) is 22.3 Å². The largest absolute Gasteiger partial charge is 0.496 e. The highest BCUT2D eigenvalue weighted by Crippen LogP contribution is 2.21. The lowest BCUT2D eigenvalue weighted by Gasteiger charge is -2.07. The molecular weight excluding hydrogens is 240 g/mol. The van der Waals surface area contributed by atoms with E-state index >= 15 is 0 Å². The molecule has 0 aliphatic heterocycles. The number of methoxy groups -OCH3 is 2. The summed E-state index contributed by atoms with van der Waals surface area (Å²) in [6.07, 6.45) is 4.72. The highest BCUT2D eigenvalue weighted by atomic mass is 35.5. The zero-order valence-electron chi connectivity index (χ0n) is 9.90. The molecular formula is C13H15ClO3. The van der Waals surface area contributed by atoms with Gasteiger partial charge in [-0.25, -0.2) is 4.79 Å². The van der Waals surface area contributed by atoms with Crippen LogP contribution in [-0.2, 0) is 4.74 Å². The first-order valence-corrected chi connectivity index (χ1v) is 5.75. The molecule has 1 rings (SSSR count). The number of carbonyl (C=O) groups is 1. The molecule has 1 aromatic rings. The molecule has 0 saturated carbocycles. The van der Waals surface area contributed by atoms with Crippen molar-refractivity contribution in [2.75, 3.05) is 20.1 Å². The Kier molecular flexibility index (Phi) is 5.57. The SMILES string of the molecule is COC(=O)c1ccc(C=CCCCl)cc1OC. The summed E-state index contributed by atoms with van der Waals surface area (Å²) in [6, 6.07) is 5.31. The van der Waals surface area contributed by atoms with Crippen molar-refractivity contribution in [1.82, 2.24) is 0 Å². The Balaban J connectivity index is 2.96. The van der Waals surface area contributed by atoms with E-state index in [1.807, 2.05) is 18.2 Å². The predicted molar refractivity (Wildman–Crippen MR) is 68.7 cm³/mol. The molecule has 4 heteroatoms. The van der Waals surface area contributed by atoms with Crippen LogP contribution in [0.3, 0.4) is 0 Å². The second-order valence-corrected chi connectivity index (χ2v) is 3.71. The van der Waals surface area contributed by atoms with Crippen molar-refractivity contribution in [3.63, 3.8) is 0 Å². The monoisotopic (exact) mass is 254 g/mol. The molecule has 0 spiro atoms. The number of hydrogen-bond acceptors (Lipinski definition) is 3. The standard InChI is InChI=1S/C13H15ClO3/c1-16-12-9-10(5-3-4-8-14)6-7-11(12)13(15)17-2/h3,5-7,9H,4,8H2,1-2H3. The van der Waals surface area contributed by atoms with E-state index in [9.17, 15) is 4.79 Å². The van der Waals surface area contributed by atoms with Gasteiger partial charge in [0.15, 0.2) is 0 Å². The average molecular weight is 255 g/mol. The van der Waals surface area contributed by atoms with Gasteiger partial charge >= 0.3 is 5.97 Å². The maximum absolute atomic E-state index is 11.4. The molecule has 0 atom stereocenters. The minimum Gasteiger partial charge on any atom is -0.496 e. The van der Waals surface area contributed by atoms with E-state index in [-0.39, 0.29) is 0 Å². The average Bonchev–Trinajstić information content (AvgIpc) is 2.38. The van der Waals surface area contributed by atoms with Crippen molar-refractivity contribution in [1.29, 1.82) is 0 Å². The maximum atomic E-state index is 11.4. The first-order chi connectivity index (χ1) is 8.22. The summed E-state index contributed by atoms with van der Waals surface area (Å²) in [5.74, 6) is 0.691. The zero-order chi connectivity index (χ0) is 12.7. The van der Waals surface area contributed by atoms with Crippen molar-refractivity contribution in [2.24, 2.45) is 0 Å². The molecule has 0 aromatic heterocycles. The number of carbonyl (C=O) groups excluding carboxylic acids is 1. The van der Waals surface area contributed by atoms with Gasteiger partial charge in [-0.05, 0) is 24.1 Å². The minimum absolute atomic E-state index is 0.405. The summed E-state index contributed by atoms with van der Waals surface area (Å²) in [4.78, 5) is 11.4. The fraction of sp³-hybridized carbons (Fsp3) is 0.308. The number of esters is 1. The Labute approximate surface area is 106 Å². The normalized spacial score (nSPS) is 10.5. The molecule has 1 aromatic carbocycles. The minimum atomic E-state index is -0.405. The van der Waals surface area contributed by atoms with Gasteiger partial charge in [0.25, 0.3) is 0 Å². The molecule has 0 saturated heterocycles. The number of alkyl halides is 1. The van der Waals surface area contributed by atoms with E-state index in [0.717, 1.165) is 12.0 Å². The van der Waals surface area contributed by atoms with Gasteiger partial charge in [-0.3, -0.25) is 0 Å². The molecule has 3 nitrogen and oxygen atoms in total. The molecule has 0 N–H and O–H groups in total. The third kappa shape index (κ3) is 3.79. The van der Waals surface area contributed by atoms with E-state index in [4.69, 9.17) is 16.3 Å². The van der Waals surface area contributed by atoms with Crippen molar-refractivity contribution in [3.05, 3.63) is 35.4 Å². The van der Waals surface area contributed by atoms with Crippen LogP contribution in [0.4, 0.5) is 0 Å². The number of benzene rings is 1. The van der Waals surface area contributed by atoms with E-state index in [1.165, 1.54) is 14.2 Å². The third-order valence-electron chi connectivity index (χ3n) is 2.22. The lowest BCUT2D eigenvalue weighted by atomic mass is 10.1. The van der Waals surface area contributed by atoms with Crippen molar-refractivity contribution in [2.45, 2.75) is 6.42 Å². The Morgan fingerprint density at radius 1 is 1.41 bits per heavy atom. The van der Waals surface area contributed by atoms with Gasteiger partial charge in [0.05, 0.1) is 14.2 Å². The van der Waals surface area contributed by atoms with E-state index < -0.39 is 5.97 Å². The highest BCUT2D eigenvalue weighted by Gasteiger charge is 2.12. The molecule has 0 aliphatic carbocycles. The third-order valence-corrected chi connectivity index (χ3v) is 2.44. The van der Waals surface area contributed by atoms with Crippen molar-refractivity contribution < 1.29 is 14.3 Å². The van der Waals surface area contributed by atoms with Crippen LogP contribution < -0.4 is 4.74 Å². The Bertz CT molecular complexity index is 413. The molecule has 0 bridgehead atoms. The van der Waals surface area contributed by atoms with Gasteiger partial charge in [-0.15, -0.1) is 11.6 Å². The van der Waals surface area contributed by atoms with Crippen LogP contribution in [0.2, 0.25) is 0 Å². The molecule has 0 aliphatic rings. The van der Waals surface area contributed by atoms with Gasteiger partial charge < -0.3 is 9.47 Å². The Morgan fingerprint density at radius 2 is 2.18 bits per heavy atom. The van der Waals surface area contributed by atoms with Gasteiger partial charge in [0.1, 0.15) is 11.3 Å². The van der Waals surface area contributed by atoms with Gasteiger partial charge in [-0.1, -0.05) is 18.2 Å². The molecule has 0 heterocycles. The summed E-state index contributed by atoms with van der Waals surface area (Å²) >= 11 is 5.57. The number of halogens is 1. The van der Waals surface area contributed by atoms with E-state index in [2.05, 4.69) is 4.74 Å². The number of rotatable bonds is 5. The smallest absolute Gasteiger partial charge is 0.341 e. The lowest BCUT2D eigenvalue weighted by Crippen LogP contribution is -2.03. The molecule has 92 valence electrons. The van der Waals surface area contributed by atoms with Crippen molar-refractivity contribution >= 4 is 23.6 Å². The van der Waals surface area contributed by atoms with Gasteiger partial charge in [-0.2, -0.15) is 0 Å². The molecule has 17 heavy (non-hydrogen) atoms. The topological polar surface area (TPSA) is 35.5 Å². The number of allylic oxidation sites excluding steroid dienone is 1. The van der Waals surface area contributed by atoms with Crippen LogP contribution in [0.25, 0.3) is 6.08 Å². The lowest BCUT2D eigenvalue weighted by molar-refractivity contribution is 0.0597. The second kappa shape index (κ2) is 6.97. The Hall–Kier alpha value is -1.48. The fourth-order valence-electron chi connectivity index (χ4n) is 1.37. The molecule has 0 amide bonds. The number of hydrogen-bond donors (Lipinski definition) is 0. The first-order valence-electron chi connectivity index (χ1n) is 5.21. The first kappa shape index (κ1) is 13.6. The van der Waals surface area contributed by atoms with Crippen LogP contribution >= 0.6 is 11.6 Å². The summed E-state index contributed by atoms with van der Waals surface area (Å²) in [7, 11) is 2.87. The quantitative estimate of drug-likeness (QED) is 0.598. The summed E-state index contributed by atoms with van der Waals surface area (Å²) < 4.78 is 9.82. The van der Waals surface area contributed by atoms with E-state index in [1.54, 1.807) is 12.1 Å². The van der Waals surface area contributed by atoms with Crippen LogP contribution in [0.15, 0.2) is 24.3 Å². The van der Waals surface area contributed by atoms with Crippen molar-refractivity contribution in [3.8, 4) is 5.75 Å². The summed E-state index contributed by atoms with van der Waals surface area (Å²) in [6.45, 7) is 0. The van der Waals surface area contributed by atoms with Gasteiger partial charge in [0, 0.05) is 5.88 Å². The van der Waals surface area contributed by atoms with E-state index in [0.29, 0.717) is 17.2 Å². The second-order valence-electron chi connectivity index (χ2n) is 3.33. The maximum Gasteiger partial charge on any atom is 0.341 e. The van der Waals surface area contributed by atoms with Crippen LogP contribution in [-0.4, -0.2) is 26.1 Å². The Morgan fingerprint density at radius 3 is 2.76 bits per heavy atom. The number of ether oxygens (including phenoxy) is 2. The van der Waals surface area contributed by atoms with Crippen LogP contribution in [0.5, 0.6) is 5.75 Å². The van der Waals surface area contributed by atoms with Gasteiger partial charge in [0.2, 0.25) is 0 Å². The summed E-state index contributed by atoms with van der Waals surface area (Å²) in [5.41, 5.74) is 1.38.